The topological polar surface area (TPSA) is 49.8 Å². The molecule has 0 saturated carbocycles. The molecule has 1 unspecified atom stereocenters. The van der Waals surface area contributed by atoms with E-state index in [1.54, 1.807) is 6.92 Å². The van der Waals surface area contributed by atoms with Crippen LogP contribution in [0.2, 0.25) is 0 Å². The van der Waals surface area contributed by atoms with Crippen LogP contribution in [0.15, 0.2) is 0 Å². The summed E-state index contributed by atoms with van der Waals surface area (Å²) in [7, 11) is 0. The van der Waals surface area contributed by atoms with E-state index in [-0.39, 0.29) is 13.0 Å². The zero-order valence-electron chi connectivity index (χ0n) is 9.75. The predicted molar refractivity (Wildman–Crippen MR) is 53.7 cm³/mol. The second kappa shape index (κ2) is 4.81. The molecule has 0 spiro atoms. The molecule has 0 radical (unpaired) electrons. The van der Waals surface area contributed by atoms with E-state index in [1.807, 2.05) is 0 Å². The lowest BCUT2D eigenvalue weighted by Gasteiger charge is -2.51. The molecule has 17 heavy (non-hydrogen) atoms. The van der Waals surface area contributed by atoms with Gasteiger partial charge in [0.05, 0.1) is 0 Å². The normalized spacial score (nSPS) is 21.9. The summed E-state index contributed by atoms with van der Waals surface area (Å²) >= 11 is 0. The molecule has 1 fully saturated rings. The van der Waals surface area contributed by atoms with E-state index in [0.717, 1.165) is 0 Å². The first kappa shape index (κ1) is 14.2. The van der Waals surface area contributed by atoms with Crippen LogP contribution in [-0.4, -0.2) is 53.5 Å². The number of ether oxygens (including phenoxy) is 1. The van der Waals surface area contributed by atoms with E-state index in [9.17, 15) is 18.0 Å². The second-order valence-electron chi connectivity index (χ2n) is 4.09. The van der Waals surface area contributed by atoms with Gasteiger partial charge >= 0.3 is 12.1 Å². The van der Waals surface area contributed by atoms with E-state index in [1.165, 1.54) is 11.8 Å². The number of nitrogens with zero attached hydrogens (tertiary/aromatic N) is 1. The molecule has 0 aromatic rings. The average Bonchev–Trinajstić information content (AvgIpc) is 2.12. The molecule has 0 bridgehead atoms. The van der Waals surface area contributed by atoms with Crippen LogP contribution in [0.1, 0.15) is 20.3 Å². The first-order valence-corrected chi connectivity index (χ1v) is 5.45. The van der Waals surface area contributed by atoms with Gasteiger partial charge in [-0.1, -0.05) is 6.92 Å². The molecule has 100 valence electrons. The van der Waals surface area contributed by atoms with Crippen LogP contribution in [-0.2, 0) is 9.53 Å². The molecular formula is C10H16F3NO3. The van der Waals surface area contributed by atoms with Crippen molar-refractivity contribution in [3.8, 4) is 0 Å². The van der Waals surface area contributed by atoms with Gasteiger partial charge in [0, 0.05) is 19.7 Å². The van der Waals surface area contributed by atoms with Gasteiger partial charge in [-0.15, -0.1) is 0 Å². The minimum atomic E-state index is -4.46. The van der Waals surface area contributed by atoms with Crippen LogP contribution in [0.5, 0.6) is 0 Å². The Balaban J connectivity index is 2.71. The van der Waals surface area contributed by atoms with Gasteiger partial charge in [-0.25, -0.2) is 0 Å². The van der Waals surface area contributed by atoms with Crippen LogP contribution >= 0.6 is 0 Å². The Morgan fingerprint density at radius 3 is 2.29 bits per heavy atom. The van der Waals surface area contributed by atoms with Gasteiger partial charge in [0.1, 0.15) is 6.04 Å². The Kier molecular flexibility index (Phi) is 4.03. The van der Waals surface area contributed by atoms with Gasteiger partial charge in [0.2, 0.25) is 0 Å². The maximum atomic E-state index is 12.8. The number of hydrogen-bond donors (Lipinski definition) is 1. The summed E-state index contributed by atoms with van der Waals surface area (Å²) in [5.74, 6) is -1.10. The zero-order chi connectivity index (χ0) is 13.3. The fraction of sp³-hybridized carbons (Fsp3) is 0.900. The summed E-state index contributed by atoms with van der Waals surface area (Å²) in [6.45, 7) is 2.26. The van der Waals surface area contributed by atoms with E-state index in [4.69, 9.17) is 9.84 Å². The maximum Gasteiger partial charge on any atom is 0.419 e. The van der Waals surface area contributed by atoms with Crippen molar-refractivity contribution in [3.63, 3.8) is 0 Å². The number of carboxylic acid groups (broad SMARTS) is 1. The summed E-state index contributed by atoms with van der Waals surface area (Å²) < 4.78 is 43.1. The minimum Gasteiger partial charge on any atom is -0.480 e. The quantitative estimate of drug-likeness (QED) is 0.809. The molecule has 1 aliphatic heterocycles. The van der Waals surface area contributed by atoms with Crippen molar-refractivity contribution in [2.75, 3.05) is 19.7 Å². The Morgan fingerprint density at radius 2 is 2.00 bits per heavy atom. The summed E-state index contributed by atoms with van der Waals surface area (Å²) in [6.07, 6.45) is -4.19. The molecule has 1 N–H and O–H groups in total. The molecule has 1 heterocycles. The van der Waals surface area contributed by atoms with Crippen molar-refractivity contribution in [2.45, 2.75) is 38.1 Å². The number of carboxylic acids is 1. The maximum absolute atomic E-state index is 12.8. The summed E-state index contributed by atoms with van der Waals surface area (Å²) in [6, 6.07) is -0.870. The van der Waals surface area contributed by atoms with Crippen LogP contribution in [0.3, 0.4) is 0 Å². The van der Waals surface area contributed by atoms with Crippen molar-refractivity contribution in [2.24, 2.45) is 0 Å². The first-order chi connectivity index (χ1) is 7.77. The lowest BCUT2D eigenvalue weighted by molar-refractivity contribution is -0.321. The molecule has 0 aromatic heterocycles. The molecule has 0 amide bonds. The second-order valence-corrected chi connectivity index (χ2v) is 4.09. The highest BCUT2D eigenvalue weighted by atomic mass is 19.4. The van der Waals surface area contributed by atoms with E-state index in [2.05, 4.69) is 0 Å². The van der Waals surface area contributed by atoms with Crippen LogP contribution in [0.4, 0.5) is 13.2 Å². The van der Waals surface area contributed by atoms with Crippen molar-refractivity contribution in [1.82, 2.24) is 4.90 Å². The number of halogens is 3. The molecule has 0 aromatic carbocycles. The third-order valence-corrected chi connectivity index (χ3v) is 2.97. The van der Waals surface area contributed by atoms with Gasteiger partial charge in [-0.3, -0.25) is 9.69 Å². The third-order valence-electron chi connectivity index (χ3n) is 2.97. The third kappa shape index (κ3) is 2.55. The number of hydrogen-bond acceptors (Lipinski definition) is 3. The van der Waals surface area contributed by atoms with Crippen LogP contribution in [0, 0.1) is 0 Å². The molecule has 1 saturated heterocycles. The fourth-order valence-electron chi connectivity index (χ4n) is 2.05. The van der Waals surface area contributed by atoms with Gasteiger partial charge in [0.25, 0.3) is 0 Å². The molecule has 1 atom stereocenters. The van der Waals surface area contributed by atoms with Crippen molar-refractivity contribution in [1.29, 1.82) is 0 Å². The van der Waals surface area contributed by atoms with Crippen molar-refractivity contribution in [3.05, 3.63) is 0 Å². The highest BCUT2D eigenvalue weighted by molar-refractivity contribution is 5.73. The average molecular weight is 255 g/mol. The lowest BCUT2D eigenvalue weighted by atomic mass is 9.90. The SMILES string of the molecule is CCOC1(C(F)(F)F)CN(C(CC)C(=O)O)C1. The van der Waals surface area contributed by atoms with Crippen molar-refractivity contribution < 1.29 is 27.8 Å². The zero-order valence-corrected chi connectivity index (χ0v) is 9.75. The predicted octanol–water partition coefficient (Wildman–Crippen LogP) is 1.50. The monoisotopic (exact) mass is 255 g/mol. The van der Waals surface area contributed by atoms with Crippen LogP contribution in [0.25, 0.3) is 0 Å². The number of aliphatic carboxylic acids is 1. The number of carbonyl (C=O) groups is 1. The van der Waals surface area contributed by atoms with Crippen molar-refractivity contribution >= 4 is 5.97 Å². The number of rotatable bonds is 5. The highest BCUT2D eigenvalue weighted by Crippen LogP contribution is 2.41. The molecule has 0 aliphatic carbocycles. The first-order valence-electron chi connectivity index (χ1n) is 5.45. The van der Waals surface area contributed by atoms with Gasteiger partial charge in [-0.05, 0) is 13.3 Å². The Morgan fingerprint density at radius 1 is 1.47 bits per heavy atom. The molecular weight excluding hydrogens is 239 g/mol. The van der Waals surface area contributed by atoms with Crippen LogP contribution < -0.4 is 0 Å². The largest absolute Gasteiger partial charge is 0.480 e. The summed E-state index contributed by atoms with van der Waals surface area (Å²) in [4.78, 5) is 12.1. The smallest absolute Gasteiger partial charge is 0.419 e. The molecule has 1 aliphatic rings. The van der Waals surface area contributed by atoms with E-state index in [0.29, 0.717) is 0 Å². The highest BCUT2D eigenvalue weighted by Gasteiger charge is 2.64. The molecule has 7 heteroatoms. The minimum absolute atomic E-state index is 0.0444. The van der Waals surface area contributed by atoms with E-state index >= 15 is 0 Å². The number of likely N-dealkylation sites (tertiary alicyclic amines) is 1. The van der Waals surface area contributed by atoms with E-state index < -0.39 is 36.9 Å². The Hall–Kier alpha value is -0.820. The number of alkyl halides is 3. The fourth-order valence-corrected chi connectivity index (χ4v) is 2.05. The standard InChI is InChI=1S/C10H16F3NO3/c1-3-7(8(15)16)14-5-9(6-14,17-4-2)10(11,12)13/h7H,3-6H2,1-2H3,(H,15,16). The van der Waals surface area contributed by atoms with Gasteiger partial charge in [-0.2, -0.15) is 13.2 Å². The Bertz CT molecular complexity index is 287. The molecule has 1 rings (SSSR count). The Labute approximate surface area is 97.3 Å². The summed E-state index contributed by atoms with van der Waals surface area (Å²) in [5.41, 5.74) is -2.19. The summed E-state index contributed by atoms with van der Waals surface area (Å²) in [5, 5.41) is 8.85. The molecule has 4 nitrogen and oxygen atoms in total. The van der Waals surface area contributed by atoms with Gasteiger partial charge < -0.3 is 9.84 Å². The lowest BCUT2D eigenvalue weighted by Crippen LogP contribution is -2.73. The van der Waals surface area contributed by atoms with Gasteiger partial charge in [0.15, 0.2) is 5.60 Å².